The molecular formula is C18H24BrNO3. The molecule has 0 saturated carbocycles. The van der Waals surface area contributed by atoms with Gasteiger partial charge in [0.1, 0.15) is 5.75 Å². The van der Waals surface area contributed by atoms with Crippen molar-refractivity contribution in [2.45, 2.75) is 32.2 Å². The highest BCUT2D eigenvalue weighted by molar-refractivity contribution is 8.93. The number of rotatable bonds is 7. The van der Waals surface area contributed by atoms with E-state index in [1.54, 1.807) is 18.2 Å². The largest absolute Gasteiger partial charge is 0.508 e. The van der Waals surface area contributed by atoms with Gasteiger partial charge in [0.05, 0.1) is 0 Å². The monoisotopic (exact) mass is 381 g/mol. The minimum absolute atomic E-state index is 0. The van der Waals surface area contributed by atoms with Crippen LogP contribution in [0.15, 0.2) is 42.5 Å². The van der Waals surface area contributed by atoms with E-state index in [1.807, 2.05) is 18.2 Å². The first kappa shape index (κ1) is 19.3. The number of hydrogen-bond donors (Lipinski definition) is 4. The zero-order valence-electron chi connectivity index (χ0n) is 13.2. The number of nitrogens with one attached hydrogen (secondary N) is 1. The lowest BCUT2D eigenvalue weighted by Gasteiger charge is -2.14. The van der Waals surface area contributed by atoms with E-state index in [0.29, 0.717) is 11.8 Å². The molecule has 2 rings (SSSR count). The highest BCUT2D eigenvalue weighted by Crippen LogP contribution is 2.24. The van der Waals surface area contributed by atoms with Gasteiger partial charge in [-0.2, -0.15) is 0 Å². The molecule has 0 fully saturated rings. The van der Waals surface area contributed by atoms with Crippen molar-refractivity contribution in [3.8, 4) is 17.2 Å². The van der Waals surface area contributed by atoms with Gasteiger partial charge in [0, 0.05) is 6.04 Å². The van der Waals surface area contributed by atoms with Crippen LogP contribution in [-0.2, 0) is 12.8 Å². The van der Waals surface area contributed by atoms with Crippen LogP contribution in [0, 0.1) is 0 Å². The van der Waals surface area contributed by atoms with Gasteiger partial charge in [0.2, 0.25) is 0 Å². The van der Waals surface area contributed by atoms with Crippen LogP contribution in [0.4, 0.5) is 0 Å². The van der Waals surface area contributed by atoms with Crippen molar-refractivity contribution < 1.29 is 15.3 Å². The van der Waals surface area contributed by atoms with Gasteiger partial charge in [0.15, 0.2) is 11.5 Å². The predicted octanol–water partition coefficient (Wildman–Crippen LogP) is 3.53. The molecule has 0 radical (unpaired) electrons. The van der Waals surface area contributed by atoms with E-state index in [9.17, 15) is 15.3 Å². The fraction of sp³-hybridized carbons (Fsp3) is 0.333. The van der Waals surface area contributed by atoms with E-state index in [0.717, 1.165) is 31.4 Å². The Labute approximate surface area is 147 Å². The van der Waals surface area contributed by atoms with Crippen LogP contribution in [0.25, 0.3) is 0 Å². The Bertz CT molecular complexity index is 602. The fourth-order valence-corrected chi connectivity index (χ4v) is 2.34. The lowest BCUT2D eigenvalue weighted by Crippen LogP contribution is -2.28. The first-order valence-electron chi connectivity index (χ1n) is 7.57. The zero-order chi connectivity index (χ0) is 15.9. The molecule has 2 aromatic rings. The molecule has 0 aliphatic carbocycles. The Balaban J connectivity index is 0.00000264. The van der Waals surface area contributed by atoms with Crippen LogP contribution in [0.2, 0.25) is 0 Å². The lowest BCUT2D eigenvalue weighted by molar-refractivity contribution is 0.403. The van der Waals surface area contributed by atoms with Crippen LogP contribution in [0.1, 0.15) is 24.5 Å². The molecule has 0 aromatic heterocycles. The molecule has 0 unspecified atom stereocenters. The van der Waals surface area contributed by atoms with Crippen LogP contribution in [0.3, 0.4) is 0 Å². The second-order valence-electron chi connectivity index (χ2n) is 5.63. The average molecular weight is 382 g/mol. The summed E-state index contributed by atoms with van der Waals surface area (Å²) < 4.78 is 0. The molecule has 0 bridgehead atoms. The standard InChI is InChI=1S/C18H23NO3.BrH/c1-13(2-3-14-4-7-16(20)8-5-14)19-11-10-15-6-9-17(21)18(22)12-15;/h4-9,12-13,19-22H,2-3,10-11H2,1H3;1H/t13-;/m0./s1. The molecule has 4 N–H and O–H groups in total. The van der Waals surface area contributed by atoms with Gasteiger partial charge in [-0.25, -0.2) is 0 Å². The summed E-state index contributed by atoms with van der Waals surface area (Å²) in [5.74, 6) is 0.143. The van der Waals surface area contributed by atoms with Crippen LogP contribution >= 0.6 is 17.0 Å². The van der Waals surface area contributed by atoms with Crippen molar-refractivity contribution in [2.75, 3.05) is 6.54 Å². The summed E-state index contributed by atoms with van der Waals surface area (Å²) in [7, 11) is 0. The molecule has 0 spiro atoms. The number of phenolic OH excluding ortho intramolecular Hbond substituents is 3. The molecule has 0 aliphatic rings. The molecule has 0 aliphatic heterocycles. The van der Waals surface area contributed by atoms with E-state index < -0.39 is 0 Å². The van der Waals surface area contributed by atoms with Crippen molar-refractivity contribution in [2.24, 2.45) is 0 Å². The number of hydrogen-bond acceptors (Lipinski definition) is 4. The third-order valence-electron chi connectivity index (χ3n) is 3.75. The molecule has 0 amide bonds. The molecule has 1 atom stereocenters. The Morgan fingerprint density at radius 2 is 1.52 bits per heavy atom. The molecule has 2 aromatic carbocycles. The van der Waals surface area contributed by atoms with Gasteiger partial charge >= 0.3 is 0 Å². The quantitative estimate of drug-likeness (QED) is 0.553. The first-order chi connectivity index (χ1) is 10.5. The minimum Gasteiger partial charge on any atom is -0.508 e. The molecule has 5 heteroatoms. The van der Waals surface area contributed by atoms with Gasteiger partial charge in [-0.1, -0.05) is 18.2 Å². The van der Waals surface area contributed by atoms with Crippen molar-refractivity contribution in [1.29, 1.82) is 0 Å². The number of benzene rings is 2. The third-order valence-corrected chi connectivity index (χ3v) is 3.75. The maximum Gasteiger partial charge on any atom is 0.157 e. The summed E-state index contributed by atoms with van der Waals surface area (Å²) >= 11 is 0. The van der Waals surface area contributed by atoms with Crippen molar-refractivity contribution >= 4 is 17.0 Å². The number of phenols is 3. The summed E-state index contributed by atoms with van der Waals surface area (Å²) in [6, 6.07) is 12.6. The van der Waals surface area contributed by atoms with Crippen LogP contribution in [-0.4, -0.2) is 27.9 Å². The third kappa shape index (κ3) is 6.50. The maximum absolute atomic E-state index is 9.45. The Morgan fingerprint density at radius 3 is 2.17 bits per heavy atom. The van der Waals surface area contributed by atoms with Crippen molar-refractivity contribution in [3.63, 3.8) is 0 Å². The van der Waals surface area contributed by atoms with E-state index in [-0.39, 0.29) is 28.5 Å². The molecule has 0 heterocycles. The fourth-order valence-electron chi connectivity index (χ4n) is 2.34. The highest BCUT2D eigenvalue weighted by Gasteiger charge is 2.04. The smallest absolute Gasteiger partial charge is 0.157 e. The minimum atomic E-state index is -0.0843. The van der Waals surface area contributed by atoms with Gasteiger partial charge in [-0.3, -0.25) is 0 Å². The van der Waals surface area contributed by atoms with E-state index >= 15 is 0 Å². The topological polar surface area (TPSA) is 72.7 Å². The van der Waals surface area contributed by atoms with Crippen molar-refractivity contribution in [1.82, 2.24) is 5.32 Å². The molecule has 126 valence electrons. The summed E-state index contributed by atoms with van der Waals surface area (Å²) in [5, 5.41) is 31.4. The van der Waals surface area contributed by atoms with E-state index in [1.165, 1.54) is 11.6 Å². The Kier molecular flexibility index (Phi) is 7.92. The van der Waals surface area contributed by atoms with Gasteiger partial charge in [0.25, 0.3) is 0 Å². The van der Waals surface area contributed by atoms with Gasteiger partial charge in [-0.15, -0.1) is 17.0 Å². The first-order valence-corrected chi connectivity index (χ1v) is 7.57. The SMILES string of the molecule is Br.C[C@@H](CCc1ccc(O)cc1)NCCc1ccc(O)c(O)c1. The summed E-state index contributed by atoms with van der Waals surface area (Å²) in [6.07, 6.45) is 2.79. The van der Waals surface area contributed by atoms with Crippen LogP contribution < -0.4 is 5.32 Å². The number of halogens is 1. The van der Waals surface area contributed by atoms with Crippen molar-refractivity contribution in [3.05, 3.63) is 53.6 Å². The molecule has 4 nitrogen and oxygen atoms in total. The Morgan fingerprint density at radius 1 is 0.870 bits per heavy atom. The zero-order valence-corrected chi connectivity index (χ0v) is 14.9. The predicted molar refractivity (Wildman–Crippen MR) is 97.7 cm³/mol. The van der Waals surface area contributed by atoms with E-state index in [4.69, 9.17) is 0 Å². The summed E-state index contributed by atoms with van der Waals surface area (Å²) in [4.78, 5) is 0. The molecule has 23 heavy (non-hydrogen) atoms. The van der Waals surface area contributed by atoms with Crippen LogP contribution in [0.5, 0.6) is 17.2 Å². The number of aryl methyl sites for hydroxylation is 1. The summed E-state index contributed by atoms with van der Waals surface area (Å²) in [5.41, 5.74) is 2.21. The second-order valence-corrected chi connectivity index (χ2v) is 5.63. The molecule has 0 saturated heterocycles. The number of aromatic hydroxyl groups is 3. The normalized spacial score (nSPS) is 11.7. The maximum atomic E-state index is 9.45. The summed E-state index contributed by atoms with van der Waals surface area (Å²) in [6.45, 7) is 2.97. The highest BCUT2D eigenvalue weighted by atomic mass is 79.9. The van der Waals surface area contributed by atoms with Gasteiger partial charge in [-0.05, 0) is 68.1 Å². The van der Waals surface area contributed by atoms with E-state index in [2.05, 4.69) is 12.2 Å². The molecular weight excluding hydrogens is 358 g/mol. The Hall–Kier alpha value is -1.72. The lowest BCUT2D eigenvalue weighted by atomic mass is 10.1. The second kappa shape index (κ2) is 9.43. The average Bonchev–Trinajstić information content (AvgIpc) is 2.50. The van der Waals surface area contributed by atoms with Gasteiger partial charge < -0.3 is 20.6 Å².